The molecule has 206 valence electrons. The second kappa shape index (κ2) is 11.0. The van der Waals surface area contributed by atoms with Crippen LogP contribution in [-0.2, 0) is 30.0 Å². The lowest BCUT2D eigenvalue weighted by Gasteiger charge is -2.42. The molecule has 1 atom stereocenters. The molecule has 2 aromatic heterocycles. The Labute approximate surface area is 232 Å². The summed E-state index contributed by atoms with van der Waals surface area (Å²) in [6, 6.07) is 9.30. The first-order valence-electron chi connectivity index (χ1n) is 12.9. The standard InChI is InChI=1S/C27H32N6O4S2/c1-19-7-10-38-26(19)39(36,37)33(15-20-5-8-31(9-6-20)27(34)35)23-12-22-11-21(13-28)3-4-25(22)32(16-23)17-24-14-29-18-30(24)2/h3-4,7,10-11,14,18,20,23H,5-6,8-9,12,15-17H2,1-2H3,(H,34,35). The third-order valence-corrected chi connectivity index (χ3v) is 11.4. The van der Waals surface area contributed by atoms with Crippen LogP contribution in [0.2, 0.25) is 0 Å². The van der Waals surface area contributed by atoms with Crippen molar-refractivity contribution < 1.29 is 18.3 Å². The van der Waals surface area contributed by atoms with Crippen molar-refractivity contribution in [2.24, 2.45) is 13.0 Å². The maximum Gasteiger partial charge on any atom is 0.407 e. The highest BCUT2D eigenvalue weighted by Gasteiger charge is 2.39. The highest BCUT2D eigenvalue weighted by atomic mass is 32.2. The number of aryl methyl sites for hydroxylation is 2. The van der Waals surface area contributed by atoms with E-state index in [-0.39, 0.29) is 12.0 Å². The third-order valence-electron chi connectivity index (χ3n) is 7.79. The molecule has 3 aromatic rings. The van der Waals surface area contributed by atoms with Crippen molar-refractivity contribution in [3.63, 3.8) is 0 Å². The number of thiophene rings is 1. The number of rotatable bonds is 7. The summed E-state index contributed by atoms with van der Waals surface area (Å²) in [4.78, 5) is 19.3. The summed E-state index contributed by atoms with van der Waals surface area (Å²) >= 11 is 1.23. The summed E-state index contributed by atoms with van der Waals surface area (Å²) < 4.78 is 32.4. The van der Waals surface area contributed by atoms with Gasteiger partial charge in [-0.1, -0.05) is 0 Å². The van der Waals surface area contributed by atoms with E-state index in [1.807, 2.05) is 42.9 Å². The molecule has 2 aliphatic rings. The van der Waals surface area contributed by atoms with Gasteiger partial charge in [0, 0.05) is 51.2 Å². The van der Waals surface area contributed by atoms with Crippen LogP contribution in [0.5, 0.6) is 0 Å². The van der Waals surface area contributed by atoms with E-state index < -0.39 is 16.1 Å². The van der Waals surface area contributed by atoms with Crippen molar-refractivity contribution in [3.8, 4) is 6.07 Å². The minimum Gasteiger partial charge on any atom is -0.465 e. The summed E-state index contributed by atoms with van der Waals surface area (Å²) in [6.45, 7) is 3.98. The van der Waals surface area contributed by atoms with Crippen LogP contribution in [0.1, 0.15) is 35.2 Å². The minimum atomic E-state index is -3.82. The topological polar surface area (TPSA) is 123 Å². The van der Waals surface area contributed by atoms with Crippen LogP contribution < -0.4 is 4.90 Å². The summed E-state index contributed by atoms with van der Waals surface area (Å²) in [7, 11) is -1.88. The molecule has 1 unspecified atom stereocenters. The van der Waals surface area contributed by atoms with Crippen LogP contribution >= 0.6 is 11.3 Å². The Kier molecular flexibility index (Phi) is 7.66. The Morgan fingerprint density at radius 2 is 2.05 bits per heavy atom. The molecule has 0 aliphatic carbocycles. The number of nitriles is 1. The van der Waals surface area contributed by atoms with E-state index in [4.69, 9.17) is 0 Å². The second-order valence-electron chi connectivity index (χ2n) is 10.4. The number of carboxylic acid groups (broad SMARTS) is 1. The number of anilines is 1. The molecule has 0 radical (unpaired) electrons. The number of piperidine rings is 1. The van der Waals surface area contributed by atoms with Gasteiger partial charge >= 0.3 is 6.09 Å². The van der Waals surface area contributed by atoms with E-state index in [2.05, 4.69) is 16.0 Å². The first-order chi connectivity index (χ1) is 18.7. The van der Waals surface area contributed by atoms with Crippen LogP contribution in [0.15, 0.2) is 46.4 Å². The molecule has 1 N–H and O–H groups in total. The molecule has 1 fully saturated rings. The molecule has 1 aromatic carbocycles. The van der Waals surface area contributed by atoms with Gasteiger partial charge in [-0.2, -0.15) is 9.57 Å². The SMILES string of the molecule is Cc1ccsc1S(=O)(=O)N(CC1CCN(C(=O)O)CC1)C1Cc2cc(C#N)ccc2N(Cc2cncn2C)C1. The lowest BCUT2D eigenvalue weighted by Crippen LogP contribution is -2.53. The van der Waals surface area contributed by atoms with E-state index >= 15 is 0 Å². The predicted octanol–water partition coefficient (Wildman–Crippen LogP) is 3.67. The summed E-state index contributed by atoms with van der Waals surface area (Å²) in [6.07, 6.45) is 4.34. The van der Waals surface area contributed by atoms with Crippen molar-refractivity contribution in [2.75, 3.05) is 31.1 Å². The van der Waals surface area contributed by atoms with Gasteiger partial charge in [0.15, 0.2) is 0 Å². The average molecular weight is 569 g/mol. The molecule has 0 saturated carbocycles. The highest BCUT2D eigenvalue weighted by Crippen LogP contribution is 2.36. The maximum absolute atomic E-state index is 14.2. The first kappa shape index (κ1) is 27.2. The molecule has 2 aliphatic heterocycles. The quantitative estimate of drug-likeness (QED) is 0.461. The van der Waals surface area contributed by atoms with Gasteiger partial charge < -0.3 is 19.5 Å². The first-order valence-corrected chi connectivity index (χ1v) is 15.3. The van der Waals surface area contributed by atoms with E-state index in [9.17, 15) is 23.6 Å². The second-order valence-corrected chi connectivity index (χ2v) is 13.4. The van der Waals surface area contributed by atoms with E-state index in [1.54, 1.807) is 22.1 Å². The molecular formula is C27H32N6O4S2. The van der Waals surface area contributed by atoms with Crippen molar-refractivity contribution in [1.29, 1.82) is 5.26 Å². The van der Waals surface area contributed by atoms with Gasteiger partial charge in [0.25, 0.3) is 10.0 Å². The fourth-order valence-corrected chi connectivity index (χ4v) is 8.83. The molecule has 0 bridgehead atoms. The molecule has 0 spiro atoms. The van der Waals surface area contributed by atoms with Gasteiger partial charge in [-0.15, -0.1) is 11.3 Å². The van der Waals surface area contributed by atoms with Crippen molar-refractivity contribution in [1.82, 2.24) is 18.8 Å². The summed E-state index contributed by atoms with van der Waals surface area (Å²) in [5.41, 5.74) is 4.19. The number of carbonyl (C=O) groups is 1. The van der Waals surface area contributed by atoms with Gasteiger partial charge in [0.05, 0.1) is 30.2 Å². The number of hydrogen-bond acceptors (Lipinski definition) is 7. The van der Waals surface area contributed by atoms with Gasteiger partial charge in [0.1, 0.15) is 4.21 Å². The maximum atomic E-state index is 14.2. The number of hydrogen-bond donors (Lipinski definition) is 1. The smallest absolute Gasteiger partial charge is 0.407 e. The van der Waals surface area contributed by atoms with E-state index in [0.717, 1.165) is 22.5 Å². The normalized spacial score (nSPS) is 18.3. The molecule has 10 nitrogen and oxygen atoms in total. The van der Waals surface area contributed by atoms with Crippen LogP contribution in [0.25, 0.3) is 0 Å². The molecule has 39 heavy (non-hydrogen) atoms. The summed E-state index contributed by atoms with van der Waals surface area (Å²) in [5.74, 6) is 0.0491. The zero-order valence-electron chi connectivity index (χ0n) is 22.0. The van der Waals surface area contributed by atoms with Crippen LogP contribution in [0, 0.1) is 24.2 Å². The third kappa shape index (κ3) is 5.52. The molecule has 4 heterocycles. The number of benzene rings is 1. The Balaban J connectivity index is 1.51. The molecule has 12 heteroatoms. The fraction of sp³-hybridized carbons (Fsp3) is 0.444. The number of imidazole rings is 1. The molecule has 1 saturated heterocycles. The predicted molar refractivity (Wildman–Crippen MR) is 148 cm³/mol. The molecule has 1 amide bonds. The molecule has 5 rings (SSSR count). The Bertz CT molecular complexity index is 1500. The van der Waals surface area contributed by atoms with E-state index in [0.29, 0.717) is 61.8 Å². The number of sulfonamides is 1. The fourth-order valence-electron chi connectivity index (χ4n) is 5.61. The average Bonchev–Trinajstić information content (AvgIpc) is 3.54. The van der Waals surface area contributed by atoms with Gasteiger partial charge in [-0.25, -0.2) is 18.2 Å². The Morgan fingerprint density at radius 1 is 1.28 bits per heavy atom. The zero-order chi connectivity index (χ0) is 27.7. The van der Waals surface area contributed by atoms with Crippen LogP contribution in [0.4, 0.5) is 10.5 Å². The van der Waals surface area contributed by atoms with Crippen molar-refractivity contribution in [3.05, 3.63) is 64.6 Å². The largest absolute Gasteiger partial charge is 0.465 e. The highest BCUT2D eigenvalue weighted by molar-refractivity contribution is 7.91. The van der Waals surface area contributed by atoms with Crippen LogP contribution in [-0.4, -0.2) is 70.6 Å². The molecular weight excluding hydrogens is 536 g/mol. The van der Waals surface area contributed by atoms with Gasteiger partial charge in [-0.3, -0.25) is 0 Å². The Hall–Kier alpha value is -3.40. The lowest BCUT2D eigenvalue weighted by atomic mass is 9.93. The number of fused-ring (bicyclic) bond motifs is 1. The number of aromatic nitrogens is 2. The summed E-state index contributed by atoms with van der Waals surface area (Å²) in [5, 5.41) is 20.7. The van der Waals surface area contributed by atoms with E-state index in [1.165, 1.54) is 16.2 Å². The van der Waals surface area contributed by atoms with Crippen LogP contribution in [0.3, 0.4) is 0 Å². The minimum absolute atomic E-state index is 0.0491. The number of amides is 1. The number of nitrogens with zero attached hydrogens (tertiary/aromatic N) is 6. The monoisotopic (exact) mass is 568 g/mol. The zero-order valence-corrected chi connectivity index (χ0v) is 23.7. The Morgan fingerprint density at radius 3 is 2.67 bits per heavy atom. The lowest BCUT2D eigenvalue weighted by molar-refractivity contribution is 0.118. The van der Waals surface area contributed by atoms with Crippen molar-refractivity contribution >= 4 is 33.1 Å². The number of likely N-dealkylation sites (tertiary alicyclic amines) is 1. The van der Waals surface area contributed by atoms with Gasteiger partial charge in [-0.05, 0) is 72.9 Å². The van der Waals surface area contributed by atoms with Crippen molar-refractivity contribution in [2.45, 2.75) is 43.0 Å². The van der Waals surface area contributed by atoms with Gasteiger partial charge in [0.2, 0.25) is 0 Å².